The Morgan fingerprint density at radius 3 is 2.72 bits per heavy atom. The zero-order chi connectivity index (χ0) is 20.2. The van der Waals surface area contributed by atoms with Gasteiger partial charge in [0.15, 0.2) is 5.69 Å². The fourth-order valence-electron chi connectivity index (χ4n) is 3.19. The van der Waals surface area contributed by atoms with Crippen LogP contribution in [0.4, 0.5) is 0 Å². The number of nitrogens with two attached hydrogens (primary N) is 1. The first-order chi connectivity index (χ1) is 14.1. The van der Waals surface area contributed by atoms with E-state index in [0.29, 0.717) is 0 Å². The van der Waals surface area contributed by atoms with Crippen molar-refractivity contribution < 1.29 is 8.82 Å². The van der Waals surface area contributed by atoms with Crippen LogP contribution in [0.15, 0.2) is 87.8 Å². The molecule has 1 atom stereocenters. The number of nitrogens with one attached hydrogen (secondary N) is 1. The molecule has 0 radical (unpaired) electrons. The van der Waals surface area contributed by atoms with Gasteiger partial charge in [0.05, 0.1) is 25.7 Å². The summed E-state index contributed by atoms with van der Waals surface area (Å²) in [5.74, 6) is 0.982. The molecule has 1 unspecified atom stereocenters. The molecule has 3 heterocycles. The minimum atomic E-state index is -0.175. The Bertz CT molecular complexity index is 1160. The first-order valence-corrected chi connectivity index (χ1v) is 9.34. The molecule has 4 aromatic rings. The van der Waals surface area contributed by atoms with Gasteiger partial charge in [0, 0.05) is 11.6 Å². The van der Waals surface area contributed by atoms with Crippen LogP contribution in [0.5, 0.6) is 0 Å². The molecule has 7 nitrogen and oxygen atoms in total. The highest BCUT2D eigenvalue weighted by atomic mass is 16.3. The van der Waals surface area contributed by atoms with Crippen molar-refractivity contribution in [3.63, 3.8) is 0 Å². The number of hydrogen-bond donors (Lipinski definition) is 2. The smallest absolute Gasteiger partial charge is 0.286 e. The number of furan rings is 1. The normalized spacial score (nSPS) is 13.2. The Kier molecular flexibility index (Phi) is 5.11. The van der Waals surface area contributed by atoms with E-state index in [4.69, 9.17) is 10.2 Å². The summed E-state index contributed by atoms with van der Waals surface area (Å²) in [4.78, 5) is 4.31. The van der Waals surface area contributed by atoms with Crippen LogP contribution in [-0.4, -0.2) is 16.7 Å². The molecule has 3 N–H and O–H groups in total. The van der Waals surface area contributed by atoms with Crippen molar-refractivity contribution in [3.05, 3.63) is 84.6 Å². The average Bonchev–Trinajstić information content (AvgIpc) is 3.38. The average molecular weight is 387 g/mol. The first kappa shape index (κ1) is 18.5. The van der Waals surface area contributed by atoms with E-state index in [1.807, 2.05) is 49.5 Å². The second-order valence-electron chi connectivity index (χ2n) is 6.74. The minimum Gasteiger partial charge on any atom is -0.467 e. The third-order valence-electron chi connectivity index (χ3n) is 4.72. The molecule has 0 aliphatic heterocycles. The van der Waals surface area contributed by atoms with E-state index >= 15 is 0 Å². The highest BCUT2D eigenvalue weighted by Crippen LogP contribution is 2.20. The number of aryl methyl sites for hydroxylation is 1. The lowest BCUT2D eigenvalue weighted by atomic mass is 10.1. The Hall–Kier alpha value is -3.87. The lowest BCUT2D eigenvalue weighted by Crippen LogP contribution is -2.27. The number of hydrogen-bond acceptors (Lipinski definition) is 3. The molecule has 0 bridgehead atoms. The number of fused-ring (bicyclic) bond motifs is 1. The number of nitrogens with zero attached hydrogens (tertiary/aromatic N) is 4. The molecule has 4 rings (SSSR count). The van der Waals surface area contributed by atoms with Gasteiger partial charge in [-0.05, 0) is 42.8 Å². The van der Waals surface area contributed by atoms with E-state index in [2.05, 4.69) is 55.9 Å². The molecule has 0 amide bonds. The summed E-state index contributed by atoms with van der Waals surface area (Å²) in [6.45, 7) is 1.90. The van der Waals surface area contributed by atoms with Crippen LogP contribution >= 0.6 is 0 Å². The second-order valence-corrected chi connectivity index (χ2v) is 6.74. The Morgan fingerprint density at radius 1 is 1.17 bits per heavy atom. The van der Waals surface area contributed by atoms with Crippen LogP contribution < -0.4 is 15.6 Å². The molecule has 0 spiro atoms. The van der Waals surface area contributed by atoms with Crippen molar-refractivity contribution >= 4 is 17.8 Å². The molecular formula is C22H23N6O+. The predicted octanol–water partition coefficient (Wildman–Crippen LogP) is 3.02. The Balaban J connectivity index is 1.43. The summed E-state index contributed by atoms with van der Waals surface area (Å²) >= 11 is 0. The van der Waals surface area contributed by atoms with Crippen LogP contribution in [0.1, 0.15) is 24.3 Å². The van der Waals surface area contributed by atoms with Crippen molar-refractivity contribution in [2.45, 2.75) is 13.0 Å². The number of benzene rings is 1. The fourth-order valence-corrected chi connectivity index (χ4v) is 3.19. The zero-order valence-corrected chi connectivity index (χ0v) is 16.4. The summed E-state index contributed by atoms with van der Waals surface area (Å²) < 4.78 is 9.59. The van der Waals surface area contributed by atoms with Crippen LogP contribution in [0.2, 0.25) is 0 Å². The number of pyridine rings is 1. The maximum absolute atomic E-state index is 5.88. The topological polar surface area (TPSA) is 84.9 Å². The second kappa shape index (κ2) is 8.02. The van der Waals surface area contributed by atoms with Gasteiger partial charge in [-0.3, -0.25) is 0 Å². The van der Waals surface area contributed by atoms with Crippen molar-refractivity contribution in [3.8, 4) is 11.3 Å². The molecule has 0 fully saturated rings. The largest absolute Gasteiger partial charge is 0.467 e. The summed E-state index contributed by atoms with van der Waals surface area (Å²) in [6, 6.07) is 17.8. The van der Waals surface area contributed by atoms with Gasteiger partial charge < -0.3 is 10.2 Å². The quantitative estimate of drug-likeness (QED) is 0.239. The first-order valence-electron chi connectivity index (χ1n) is 9.34. The van der Waals surface area contributed by atoms with Crippen LogP contribution in [-0.2, 0) is 7.05 Å². The molecule has 0 aliphatic carbocycles. The Morgan fingerprint density at radius 2 is 2.00 bits per heavy atom. The summed E-state index contributed by atoms with van der Waals surface area (Å²) in [5.41, 5.74) is 13.0. The van der Waals surface area contributed by atoms with Crippen LogP contribution in [0.25, 0.3) is 16.9 Å². The monoisotopic (exact) mass is 387 g/mol. The van der Waals surface area contributed by atoms with E-state index in [1.165, 1.54) is 0 Å². The third-order valence-corrected chi connectivity index (χ3v) is 4.72. The number of hydrazone groups is 1. The molecule has 0 saturated carbocycles. The van der Waals surface area contributed by atoms with Crippen LogP contribution in [0.3, 0.4) is 0 Å². The van der Waals surface area contributed by atoms with Gasteiger partial charge >= 0.3 is 0 Å². The molecular weight excluding hydrogens is 364 g/mol. The van der Waals surface area contributed by atoms with Gasteiger partial charge in [0.2, 0.25) is 5.96 Å². The standard InChI is InChI=1S/C22H23N6O/c1-16(20-6-5-13-29-20)25-22(23)26-24-14-17-8-10-18(11-9-17)19-15-28-12-4-3-7-21(28)27(19)2/h3-16H,1-2H3,(H3,23,25,26)/q+1/b24-14+. The number of guanidine groups is 1. The number of aliphatic imine (C=N–C) groups is 1. The highest BCUT2D eigenvalue weighted by Gasteiger charge is 2.14. The summed E-state index contributed by atoms with van der Waals surface area (Å²) in [5, 5.41) is 4.16. The van der Waals surface area contributed by atoms with Crippen molar-refractivity contribution in [1.82, 2.24) is 9.99 Å². The van der Waals surface area contributed by atoms with E-state index in [0.717, 1.165) is 28.2 Å². The van der Waals surface area contributed by atoms with Gasteiger partial charge in [-0.2, -0.15) is 5.10 Å². The highest BCUT2D eigenvalue weighted by molar-refractivity contribution is 5.83. The molecule has 7 heteroatoms. The Labute approximate surface area is 168 Å². The maximum Gasteiger partial charge on any atom is 0.286 e. The fraction of sp³-hybridized carbons (Fsp3) is 0.136. The number of imidazole rings is 1. The summed E-state index contributed by atoms with van der Waals surface area (Å²) in [6.07, 6.45) is 7.49. The minimum absolute atomic E-state index is 0.175. The maximum atomic E-state index is 5.88. The van der Waals surface area contributed by atoms with E-state index in [9.17, 15) is 0 Å². The van der Waals surface area contributed by atoms with Gasteiger partial charge in [-0.25, -0.2) is 19.4 Å². The molecule has 1 aromatic carbocycles. The molecule has 29 heavy (non-hydrogen) atoms. The van der Waals surface area contributed by atoms with Crippen molar-refractivity contribution in [2.75, 3.05) is 0 Å². The van der Waals surface area contributed by atoms with Gasteiger partial charge in [0.25, 0.3) is 5.65 Å². The third kappa shape index (κ3) is 4.03. The van der Waals surface area contributed by atoms with Crippen LogP contribution in [0, 0.1) is 0 Å². The predicted molar refractivity (Wildman–Crippen MR) is 113 cm³/mol. The van der Waals surface area contributed by atoms with Gasteiger partial charge in [-0.15, -0.1) is 0 Å². The van der Waals surface area contributed by atoms with Crippen molar-refractivity contribution in [1.29, 1.82) is 0 Å². The lowest BCUT2D eigenvalue weighted by molar-refractivity contribution is -0.510. The van der Waals surface area contributed by atoms with Crippen molar-refractivity contribution in [2.24, 2.45) is 22.9 Å². The van der Waals surface area contributed by atoms with E-state index < -0.39 is 0 Å². The zero-order valence-electron chi connectivity index (χ0n) is 16.4. The molecule has 0 saturated heterocycles. The molecule has 3 aromatic heterocycles. The molecule has 146 valence electrons. The van der Waals surface area contributed by atoms with E-state index in [1.54, 1.807) is 12.5 Å². The number of rotatable bonds is 5. The van der Waals surface area contributed by atoms with Gasteiger partial charge in [0.1, 0.15) is 18.0 Å². The van der Waals surface area contributed by atoms with E-state index in [-0.39, 0.29) is 12.0 Å². The summed E-state index contributed by atoms with van der Waals surface area (Å²) in [7, 11) is 2.07. The number of aromatic nitrogens is 2. The SMILES string of the molecule is CC(N=C(N)N/N=C/c1ccc(-c2c[n+]3ccccc3n2C)cc1)c1ccco1. The molecule has 0 aliphatic rings. The lowest BCUT2D eigenvalue weighted by Gasteiger charge is -2.04. The van der Waals surface area contributed by atoms with Gasteiger partial charge in [-0.1, -0.05) is 18.2 Å².